The van der Waals surface area contributed by atoms with Crippen LogP contribution in [0.1, 0.15) is 43.4 Å². The molecule has 3 nitrogen and oxygen atoms in total. The number of hydrogen-bond donors (Lipinski definition) is 0. The third-order valence-corrected chi connectivity index (χ3v) is 5.94. The molecule has 1 aliphatic carbocycles. The van der Waals surface area contributed by atoms with Crippen molar-refractivity contribution in [2.24, 2.45) is 5.92 Å². The Labute approximate surface area is 143 Å². The van der Waals surface area contributed by atoms with Crippen molar-refractivity contribution in [2.75, 3.05) is 6.61 Å². The van der Waals surface area contributed by atoms with Crippen molar-refractivity contribution in [3.63, 3.8) is 0 Å². The van der Waals surface area contributed by atoms with Crippen molar-refractivity contribution < 1.29 is 4.74 Å². The molecule has 1 aromatic heterocycles. The predicted molar refractivity (Wildman–Crippen MR) is 92.3 cm³/mol. The minimum absolute atomic E-state index is 0.0296. The summed E-state index contributed by atoms with van der Waals surface area (Å²) in [5.41, 5.74) is 2.24. The first-order valence-electron chi connectivity index (χ1n) is 7.80. The molecule has 0 spiro atoms. The van der Waals surface area contributed by atoms with Crippen LogP contribution in [-0.4, -0.2) is 16.4 Å². The summed E-state index contributed by atoms with van der Waals surface area (Å²) in [4.78, 5) is 0. The van der Waals surface area contributed by atoms with E-state index in [0.717, 1.165) is 46.3 Å². The molecule has 1 saturated heterocycles. The minimum atomic E-state index is 0.0296. The number of ether oxygens (including phenoxy) is 1. The molecule has 116 valence electrons. The molecule has 0 bridgehead atoms. The van der Waals surface area contributed by atoms with E-state index >= 15 is 0 Å². The second-order valence-electron chi connectivity index (χ2n) is 6.17. The molecule has 4 rings (SSSR count). The van der Waals surface area contributed by atoms with Crippen molar-refractivity contribution in [2.45, 2.75) is 37.8 Å². The third-order valence-electron chi connectivity index (χ3n) is 4.77. The van der Waals surface area contributed by atoms with Gasteiger partial charge in [-0.25, -0.2) is 4.68 Å². The van der Waals surface area contributed by atoms with Gasteiger partial charge in [-0.1, -0.05) is 17.7 Å². The predicted octanol–water partition coefficient (Wildman–Crippen LogP) is 5.44. The van der Waals surface area contributed by atoms with Crippen LogP contribution in [0.4, 0.5) is 0 Å². The maximum Gasteiger partial charge on any atom is 0.150 e. The summed E-state index contributed by atoms with van der Waals surface area (Å²) in [6.07, 6.45) is 8.43. The molecule has 0 radical (unpaired) electrons. The summed E-state index contributed by atoms with van der Waals surface area (Å²) in [6, 6.07) is 2.04. The van der Waals surface area contributed by atoms with Crippen molar-refractivity contribution in [1.82, 2.24) is 9.78 Å². The lowest BCUT2D eigenvalue weighted by atomic mass is 10.1. The van der Waals surface area contributed by atoms with Crippen LogP contribution in [0.3, 0.4) is 0 Å². The van der Waals surface area contributed by atoms with Gasteiger partial charge in [-0.05, 0) is 65.1 Å². The maximum atomic E-state index is 6.59. The van der Waals surface area contributed by atoms with Gasteiger partial charge in [0.2, 0.25) is 0 Å². The molecule has 1 aliphatic heterocycles. The van der Waals surface area contributed by atoms with Crippen molar-refractivity contribution in [3.05, 3.63) is 40.0 Å². The number of benzene rings is 1. The topological polar surface area (TPSA) is 27.1 Å². The van der Waals surface area contributed by atoms with E-state index in [1.54, 1.807) is 0 Å². The van der Waals surface area contributed by atoms with Gasteiger partial charge in [-0.2, -0.15) is 5.10 Å². The van der Waals surface area contributed by atoms with E-state index in [2.05, 4.69) is 27.6 Å². The fourth-order valence-corrected chi connectivity index (χ4v) is 4.69. The molecule has 2 aromatic rings. The van der Waals surface area contributed by atoms with Gasteiger partial charge in [0.1, 0.15) is 0 Å². The summed E-state index contributed by atoms with van der Waals surface area (Å²) in [5.74, 6) is 1.03. The van der Waals surface area contributed by atoms with E-state index in [0.29, 0.717) is 11.8 Å². The Morgan fingerprint density at radius 1 is 1.45 bits per heavy atom. The average Bonchev–Trinajstić information content (AvgIpc) is 3.18. The second-order valence-corrected chi connectivity index (χ2v) is 7.37. The smallest absolute Gasteiger partial charge is 0.150 e. The summed E-state index contributed by atoms with van der Waals surface area (Å²) in [5, 5.41) is 6.49. The second kappa shape index (κ2) is 5.66. The molecule has 0 N–H and O–H groups in total. The number of rotatable bonds is 3. The monoisotopic (exact) mass is 380 g/mol. The summed E-state index contributed by atoms with van der Waals surface area (Å²) in [7, 11) is 0. The highest BCUT2D eigenvalue weighted by atomic mass is 79.9. The SMILES string of the molecule is C=C[C@H]1C[C@@H]1c1c(Cl)cc2c(cnn2[C@H]2CCCCO2)c1Br. The number of halogens is 2. The summed E-state index contributed by atoms with van der Waals surface area (Å²) < 4.78 is 8.92. The Hall–Kier alpha value is -0.840. The largest absolute Gasteiger partial charge is 0.356 e. The quantitative estimate of drug-likeness (QED) is 0.662. The molecule has 5 heteroatoms. The summed E-state index contributed by atoms with van der Waals surface area (Å²) in [6.45, 7) is 4.70. The highest BCUT2D eigenvalue weighted by molar-refractivity contribution is 9.10. The lowest BCUT2D eigenvalue weighted by molar-refractivity contribution is -0.0366. The number of hydrogen-bond acceptors (Lipinski definition) is 2. The normalized spacial score (nSPS) is 28.0. The van der Waals surface area contributed by atoms with E-state index in [1.165, 1.54) is 12.0 Å². The zero-order valence-corrected chi connectivity index (χ0v) is 14.6. The Balaban J connectivity index is 1.79. The lowest BCUT2D eigenvalue weighted by Gasteiger charge is -2.23. The van der Waals surface area contributed by atoms with Crippen LogP contribution >= 0.6 is 27.5 Å². The van der Waals surface area contributed by atoms with Crippen LogP contribution in [0.5, 0.6) is 0 Å². The molecule has 1 saturated carbocycles. The van der Waals surface area contributed by atoms with Crippen LogP contribution < -0.4 is 0 Å². The summed E-state index contributed by atoms with van der Waals surface area (Å²) >= 11 is 10.3. The number of allylic oxidation sites excluding steroid dienone is 1. The van der Waals surface area contributed by atoms with Crippen LogP contribution in [-0.2, 0) is 4.74 Å². The zero-order chi connectivity index (χ0) is 15.3. The molecule has 22 heavy (non-hydrogen) atoms. The molecule has 2 aliphatic rings. The first-order chi connectivity index (χ1) is 10.7. The Bertz CT molecular complexity index is 736. The van der Waals surface area contributed by atoms with Gasteiger partial charge in [-0.3, -0.25) is 0 Å². The zero-order valence-electron chi connectivity index (χ0n) is 12.3. The molecule has 0 amide bonds. The van der Waals surface area contributed by atoms with Crippen LogP contribution in [0.25, 0.3) is 10.9 Å². The van der Waals surface area contributed by atoms with E-state index in [4.69, 9.17) is 16.3 Å². The highest BCUT2D eigenvalue weighted by Gasteiger charge is 2.39. The fraction of sp³-hybridized carbons (Fsp3) is 0.471. The molecule has 2 heterocycles. The van der Waals surface area contributed by atoms with Gasteiger partial charge in [-0.15, -0.1) is 6.58 Å². The minimum Gasteiger partial charge on any atom is -0.356 e. The van der Waals surface area contributed by atoms with Gasteiger partial charge in [0, 0.05) is 21.5 Å². The number of fused-ring (bicyclic) bond motifs is 1. The Morgan fingerprint density at radius 2 is 2.32 bits per heavy atom. The molecule has 3 atom stereocenters. The Morgan fingerprint density at radius 3 is 3.00 bits per heavy atom. The first kappa shape index (κ1) is 14.7. The van der Waals surface area contributed by atoms with Crippen molar-refractivity contribution >= 4 is 38.4 Å². The number of aromatic nitrogens is 2. The van der Waals surface area contributed by atoms with Gasteiger partial charge in [0.15, 0.2) is 6.23 Å². The van der Waals surface area contributed by atoms with E-state index < -0.39 is 0 Å². The first-order valence-corrected chi connectivity index (χ1v) is 8.97. The van der Waals surface area contributed by atoms with Crippen LogP contribution in [0.15, 0.2) is 29.4 Å². The van der Waals surface area contributed by atoms with E-state index in [9.17, 15) is 0 Å². The molecule has 2 fully saturated rings. The number of nitrogens with zero attached hydrogens (tertiary/aromatic N) is 2. The van der Waals surface area contributed by atoms with Gasteiger partial charge < -0.3 is 4.74 Å². The maximum absolute atomic E-state index is 6.59. The molecular weight excluding hydrogens is 364 g/mol. The van der Waals surface area contributed by atoms with Crippen LogP contribution in [0, 0.1) is 5.92 Å². The van der Waals surface area contributed by atoms with Crippen molar-refractivity contribution in [3.8, 4) is 0 Å². The lowest BCUT2D eigenvalue weighted by Crippen LogP contribution is -2.18. The molecule has 0 unspecified atom stereocenters. The van der Waals surface area contributed by atoms with Crippen molar-refractivity contribution in [1.29, 1.82) is 0 Å². The van der Waals surface area contributed by atoms with Crippen LogP contribution in [0.2, 0.25) is 5.02 Å². The fourth-order valence-electron chi connectivity index (χ4n) is 3.43. The standard InChI is InChI=1S/C17H18BrClN2O/c1-2-10-7-11(10)16-13(19)8-14-12(17(16)18)9-20-21(14)15-5-3-4-6-22-15/h2,8-11,15H,1,3-7H2/t10-,11-,15+/m0/s1. The third kappa shape index (κ3) is 2.32. The highest BCUT2D eigenvalue weighted by Crippen LogP contribution is 2.53. The van der Waals surface area contributed by atoms with E-state index in [1.807, 2.05) is 23.0 Å². The van der Waals surface area contributed by atoms with Gasteiger partial charge in [0.05, 0.1) is 11.7 Å². The van der Waals surface area contributed by atoms with Gasteiger partial charge >= 0.3 is 0 Å². The Kier molecular flexibility index (Phi) is 3.79. The molecule has 1 aromatic carbocycles. The average molecular weight is 382 g/mol. The molecular formula is C17H18BrClN2O. The van der Waals surface area contributed by atoms with E-state index in [-0.39, 0.29) is 6.23 Å². The van der Waals surface area contributed by atoms with Gasteiger partial charge in [0.25, 0.3) is 0 Å².